The molecule has 2 fully saturated rings. The second-order valence-electron chi connectivity index (χ2n) is 5.52. The van der Waals surface area contributed by atoms with Crippen molar-refractivity contribution in [3.63, 3.8) is 0 Å². The van der Waals surface area contributed by atoms with E-state index in [1.54, 1.807) is 0 Å². The Labute approximate surface area is 111 Å². The number of amides is 1. The van der Waals surface area contributed by atoms with Gasteiger partial charge in [0.1, 0.15) is 0 Å². The summed E-state index contributed by atoms with van der Waals surface area (Å²) in [6.45, 7) is 0. The van der Waals surface area contributed by atoms with Crippen molar-refractivity contribution in [3.05, 3.63) is 35.9 Å². The quantitative estimate of drug-likeness (QED) is 0.849. The van der Waals surface area contributed by atoms with Gasteiger partial charge in [-0.3, -0.25) is 9.59 Å². The smallest absolute Gasteiger partial charge is 0.307 e. The highest BCUT2D eigenvalue weighted by atomic mass is 16.4. The molecular weight excluding hydrogens is 242 g/mol. The minimum absolute atomic E-state index is 0.0451. The fourth-order valence-corrected chi connectivity index (χ4v) is 2.58. The van der Waals surface area contributed by atoms with E-state index in [-0.39, 0.29) is 17.9 Å². The topological polar surface area (TPSA) is 66.4 Å². The summed E-state index contributed by atoms with van der Waals surface area (Å²) < 4.78 is 0. The molecule has 4 heteroatoms. The molecule has 0 radical (unpaired) electrons. The van der Waals surface area contributed by atoms with Crippen molar-refractivity contribution in [1.29, 1.82) is 0 Å². The number of nitrogens with one attached hydrogen (secondary N) is 1. The lowest BCUT2D eigenvalue weighted by Crippen LogP contribution is -2.32. The number of hydrogen-bond donors (Lipinski definition) is 2. The predicted octanol–water partition coefficient (Wildman–Crippen LogP) is 1.97. The van der Waals surface area contributed by atoms with Gasteiger partial charge in [0, 0.05) is 0 Å². The zero-order valence-corrected chi connectivity index (χ0v) is 10.6. The summed E-state index contributed by atoms with van der Waals surface area (Å²) in [5, 5.41) is 11.9. The van der Waals surface area contributed by atoms with Crippen molar-refractivity contribution in [2.24, 2.45) is 17.8 Å². The van der Waals surface area contributed by atoms with Gasteiger partial charge in [0.25, 0.3) is 0 Å². The molecule has 0 unspecified atom stereocenters. The molecule has 0 saturated heterocycles. The normalized spacial score (nSPS) is 26.5. The van der Waals surface area contributed by atoms with Crippen LogP contribution in [-0.4, -0.2) is 17.0 Å². The maximum atomic E-state index is 12.1. The third-order valence-electron chi connectivity index (χ3n) is 3.99. The van der Waals surface area contributed by atoms with Crippen molar-refractivity contribution in [3.8, 4) is 0 Å². The lowest BCUT2D eigenvalue weighted by Gasteiger charge is -2.18. The Morgan fingerprint density at radius 2 is 1.84 bits per heavy atom. The molecule has 1 aromatic rings. The van der Waals surface area contributed by atoms with Gasteiger partial charge in [0.2, 0.25) is 5.91 Å². The van der Waals surface area contributed by atoms with Crippen LogP contribution in [0.3, 0.4) is 0 Å². The maximum absolute atomic E-state index is 12.1. The summed E-state index contributed by atoms with van der Waals surface area (Å²) in [6, 6.07) is 9.97. The van der Waals surface area contributed by atoms with Crippen LogP contribution in [0.25, 0.3) is 0 Å². The number of carbonyl (C=O) groups excluding carboxylic acids is 1. The molecule has 2 aliphatic rings. The van der Waals surface area contributed by atoms with Crippen molar-refractivity contribution < 1.29 is 14.7 Å². The molecule has 2 N–H and O–H groups in total. The Morgan fingerprint density at radius 3 is 2.37 bits per heavy atom. The lowest BCUT2D eigenvalue weighted by molar-refractivity contribution is -0.140. The summed E-state index contributed by atoms with van der Waals surface area (Å²) in [7, 11) is 0. The van der Waals surface area contributed by atoms with E-state index in [1.165, 1.54) is 0 Å². The van der Waals surface area contributed by atoms with Gasteiger partial charge in [-0.25, -0.2) is 0 Å². The van der Waals surface area contributed by atoms with Crippen LogP contribution in [0, 0.1) is 17.8 Å². The van der Waals surface area contributed by atoms with Gasteiger partial charge in [0.15, 0.2) is 0 Å². The van der Waals surface area contributed by atoms with Crippen LogP contribution in [0.5, 0.6) is 0 Å². The van der Waals surface area contributed by atoms with Gasteiger partial charge in [-0.1, -0.05) is 30.3 Å². The number of aliphatic carboxylic acids is 1. The van der Waals surface area contributed by atoms with Crippen molar-refractivity contribution in [2.75, 3.05) is 0 Å². The predicted molar refractivity (Wildman–Crippen MR) is 69.3 cm³/mol. The Kier molecular flexibility index (Phi) is 3.01. The molecule has 3 rings (SSSR count). The second kappa shape index (κ2) is 4.68. The molecule has 2 saturated carbocycles. The molecule has 4 nitrogen and oxygen atoms in total. The van der Waals surface area contributed by atoms with E-state index >= 15 is 0 Å². The standard InChI is InChI=1S/C15H17NO3/c17-14(11-8-12(11)15(18)19)16-13(10-6-7-10)9-4-2-1-3-5-9/h1-5,10-13H,6-8H2,(H,16,17)(H,18,19)/t11-,12+,13-/m0/s1. The third-order valence-corrected chi connectivity index (χ3v) is 3.99. The number of carboxylic acids is 1. The first-order valence-corrected chi connectivity index (χ1v) is 6.75. The van der Waals surface area contributed by atoms with Crippen LogP contribution in [-0.2, 0) is 9.59 Å². The van der Waals surface area contributed by atoms with Crippen LogP contribution < -0.4 is 5.32 Å². The van der Waals surface area contributed by atoms with Crippen LogP contribution in [0.4, 0.5) is 0 Å². The molecule has 0 heterocycles. The molecule has 2 aliphatic carbocycles. The van der Waals surface area contributed by atoms with Crippen LogP contribution in [0.15, 0.2) is 30.3 Å². The van der Waals surface area contributed by atoms with Gasteiger partial charge in [-0.2, -0.15) is 0 Å². The van der Waals surface area contributed by atoms with E-state index in [4.69, 9.17) is 5.11 Å². The first kappa shape index (κ1) is 12.2. The zero-order chi connectivity index (χ0) is 13.4. The fourth-order valence-electron chi connectivity index (χ4n) is 2.58. The minimum atomic E-state index is -0.858. The zero-order valence-electron chi connectivity index (χ0n) is 10.6. The Balaban J connectivity index is 1.66. The molecular formula is C15H17NO3. The summed E-state index contributed by atoms with van der Waals surface area (Å²) in [6.07, 6.45) is 2.74. The molecule has 0 spiro atoms. The molecule has 3 atom stereocenters. The number of carboxylic acid groups (broad SMARTS) is 1. The van der Waals surface area contributed by atoms with E-state index in [2.05, 4.69) is 5.32 Å². The van der Waals surface area contributed by atoms with Gasteiger partial charge in [-0.05, 0) is 30.7 Å². The number of carbonyl (C=O) groups is 2. The van der Waals surface area contributed by atoms with E-state index in [0.717, 1.165) is 18.4 Å². The first-order chi connectivity index (χ1) is 9.16. The van der Waals surface area contributed by atoms with Gasteiger partial charge in [-0.15, -0.1) is 0 Å². The molecule has 0 bridgehead atoms. The van der Waals surface area contributed by atoms with Gasteiger partial charge >= 0.3 is 5.97 Å². The summed E-state index contributed by atoms with van der Waals surface area (Å²) in [4.78, 5) is 22.9. The Hall–Kier alpha value is -1.84. The Morgan fingerprint density at radius 1 is 1.16 bits per heavy atom. The highest BCUT2D eigenvalue weighted by Crippen LogP contribution is 2.43. The monoisotopic (exact) mass is 259 g/mol. The average molecular weight is 259 g/mol. The molecule has 0 aliphatic heterocycles. The fraction of sp³-hybridized carbons (Fsp3) is 0.467. The molecule has 19 heavy (non-hydrogen) atoms. The number of rotatable bonds is 5. The Bertz CT molecular complexity index is 495. The average Bonchev–Trinajstić information content (AvgIpc) is 3.29. The van der Waals surface area contributed by atoms with Crippen LogP contribution >= 0.6 is 0 Å². The molecule has 100 valence electrons. The van der Waals surface area contributed by atoms with E-state index in [0.29, 0.717) is 12.3 Å². The van der Waals surface area contributed by atoms with Crippen LogP contribution in [0.2, 0.25) is 0 Å². The highest BCUT2D eigenvalue weighted by molar-refractivity contribution is 5.89. The number of hydrogen-bond acceptors (Lipinski definition) is 2. The van der Waals surface area contributed by atoms with Crippen molar-refractivity contribution in [1.82, 2.24) is 5.32 Å². The second-order valence-corrected chi connectivity index (χ2v) is 5.52. The SMILES string of the molecule is O=C(N[C@@H](c1ccccc1)C1CC1)[C@H]1C[C@H]1C(=O)O. The summed E-state index contributed by atoms with van der Waals surface area (Å²) in [5.74, 6) is -1.26. The minimum Gasteiger partial charge on any atom is -0.481 e. The maximum Gasteiger partial charge on any atom is 0.307 e. The summed E-state index contributed by atoms with van der Waals surface area (Å²) >= 11 is 0. The van der Waals surface area contributed by atoms with Crippen LogP contribution in [0.1, 0.15) is 30.9 Å². The van der Waals surface area contributed by atoms with Gasteiger partial charge in [0.05, 0.1) is 17.9 Å². The highest BCUT2D eigenvalue weighted by Gasteiger charge is 2.49. The molecule has 1 amide bonds. The largest absolute Gasteiger partial charge is 0.481 e. The van der Waals surface area contributed by atoms with Crippen molar-refractivity contribution >= 4 is 11.9 Å². The molecule has 1 aromatic carbocycles. The van der Waals surface area contributed by atoms with Crippen molar-refractivity contribution in [2.45, 2.75) is 25.3 Å². The molecule has 0 aromatic heterocycles. The lowest BCUT2D eigenvalue weighted by atomic mass is 10.0. The third kappa shape index (κ3) is 2.62. The van der Waals surface area contributed by atoms with E-state index < -0.39 is 11.9 Å². The van der Waals surface area contributed by atoms with Gasteiger partial charge < -0.3 is 10.4 Å². The first-order valence-electron chi connectivity index (χ1n) is 6.75. The van der Waals surface area contributed by atoms with E-state index in [9.17, 15) is 9.59 Å². The number of benzene rings is 1. The summed E-state index contributed by atoms with van der Waals surface area (Å²) in [5.41, 5.74) is 1.12. The van der Waals surface area contributed by atoms with E-state index in [1.807, 2.05) is 30.3 Å².